The molecule has 9 heteroatoms. The molecule has 1 aliphatic heterocycles. The van der Waals surface area contributed by atoms with Crippen molar-refractivity contribution in [3.63, 3.8) is 0 Å². The van der Waals surface area contributed by atoms with Gasteiger partial charge in [-0.2, -0.15) is 0 Å². The average Bonchev–Trinajstić information content (AvgIpc) is 3.06. The van der Waals surface area contributed by atoms with Crippen molar-refractivity contribution in [1.82, 2.24) is 19.9 Å². The van der Waals surface area contributed by atoms with Gasteiger partial charge < -0.3 is 19.6 Å². The SMILES string of the molecule is Cc1cc(NC(=O)c2cncc(C(=O)N3CCN(C=O)CC3)c2)no1. The Morgan fingerprint density at radius 2 is 1.88 bits per heavy atom. The summed E-state index contributed by atoms with van der Waals surface area (Å²) in [4.78, 5) is 42.8. The number of pyridine rings is 1. The summed E-state index contributed by atoms with van der Waals surface area (Å²) in [6, 6.07) is 3.08. The normalized spacial score (nSPS) is 14.3. The zero-order valence-corrected chi connectivity index (χ0v) is 13.6. The van der Waals surface area contributed by atoms with Gasteiger partial charge in [-0.05, 0) is 13.0 Å². The highest BCUT2D eigenvalue weighted by molar-refractivity contribution is 6.05. The minimum Gasteiger partial charge on any atom is -0.360 e. The van der Waals surface area contributed by atoms with Crippen LogP contribution in [0, 0.1) is 6.92 Å². The Morgan fingerprint density at radius 1 is 1.16 bits per heavy atom. The van der Waals surface area contributed by atoms with Crippen molar-refractivity contribution in [2.24, 2.45) is 0 Å². The summed E-state index contributed by atoms with van der Waals surface area (Å²) in [6.45, 7) is 3.61. The molecule has 0 aromatic carbocycles. The van der Waals surface area contributed by atoms with Crippen LogP contribution in [0.1, 0.15) is 26.5 Å². The third kappa shape index (κ3) is 3.82. The molecule has 0 spiro atoms. The van der Waals surface area contributed by atoms with Crippen LogP contribution < -0.4 is 5.32 Å². The van der Waals surface area contributed by atoms with Gasteiger partial charge in [0, 0.05) is 44.6 Å². The van der Waals surface area contributed by atoms with E-state index in [-0.39, 0.29) is 11.5 Å². The molecule has 0 atom stereocenters. The fraction of sp³-hybridized carbons (Fsp3) is 0.312. The van der Waals surface area contributed by atoms with E-state index in [1.807, 2.05) is 0 Å². The Hall–Kier alpha value is -3.23. The summed E-state index contributed by atoms with van der Waals surface area (Å²) >= 11 is 0. The van der Waals surface area contributed by atoms with Gasteiger partial charge in [0.15, 0.2) is 5.82 Å². The molecule has 2 aromatic heterocycles. The van der Waals surface area contributed by atoms with Crippen molar-refractivity contribution in [2.45, 2.75) is 6.92 Å². The molecule has 1 N–H and O–H groups in total. The van der Waals surface area contributed by atoms with Crippen molar-refractivity contribution in [3.05, 3.63) is 41.4 Å². The number of nitrogens with zero attached hydrogens (tertiary/aromatic N) is 4. The number of piperazine rings is 1. The van der Waals surface area contributed by atoms with Crippen LogP contribution in [0.2, 0.25) is 0 Å². The molecule has 1 aliphatic rings. The highest BCUT2D eigenvalue weighted by atomic mass is 16.5. The van der Waals surface area contributed by atoms with E-state index in [9.17, 15) is 14.4 Å². The quantitative estimate of drug-likeness (QED) is 0.812. The van der Waals surface area contributed by atoms with Crippen molar-refractivity contribution < 1.29 is 18.9 Å². The van der Waals surface area contributed by atoms with Gasteiger partial charge in [-0.3, -0.25) is 19.4 Å². The molecule has 1 fully saturated rings. The minimum absolute atomic E-state index is 0.218. The van der Waals surface area contributed by atoms with E-state index < -0.39 is 5.91 Å². The molecular formula is C16H17N5O4. The third-order valence-corrected chi connectivity index (χ3v) is 3.87. The monoisotopic (exact) mass is 343 g/mol. The number of carbonyl (C=O) groups excluding carboxylic acids is 3. The van der Waals surface area contributed by atoms with Gasteiger partial charge in [0.2, 0.25) is 6.41 Å². The number of anilines is 1. The van der Waals surface area contributed by atoms with Crippen molar-refractivity contribution in [3.8, 4) is 0 Å². The molecule has 3 amide bonds. The molecule has 0 saturated carbocycles. The predicted molar refractivity (Wildman–Crippen MR) is 87.0 cm³/mol. The Kier molecular flexibility index (Phi) is 4.73. The van der Waals surface area contributed by atoms with Crippen LogP contribution in [0.4, 0.5) is 5.82 Å². The number of rotatable bonds is 4. The molecule has 25 heavy (non-hydrogen) atoms. The van der Waals surface area contributed by atoms with Gasteiger partial charge >= 0.3 is 0 Å². The largest absolute Gasteiger partial charge is 0.360 e. The molecule has 0 radical (unpaired) electrons. The lowest BCUT2D eigenvalue weighted by molar-refractivity contribution is -0.119. The summed E-state index contributed by atoms with van der Waals surface area (Å²) < 4.78 is 4.89. The van der Waals surface area contributed by atoms with E-state index >= 15 is 0 Å². The van der Waals surface area contributed by atoms with Gasteiger partial charge in [-0.1, -0.05) is 5.16 Å². The number of hydrogen-bond acceptors (Lipinski definition) is 6. The maximum atomic E-state index is 12.6. The lowest BCUT2D eigenvalue weighted by Gasteiger charge is -2.32. The molecule has 2 aromatic rings. The van der Waals surface area contributed by atoms with Gasteiger partial charge in [-0.25, -0.2) is 0 Å². The first-order valence-corrected chi connectivity index (χ1v) is 7.75. The van der Waals surface area contributed by atoms with Crippen LogP contribution in [0.25, 0.3) is 0 Å². The summed E-state index contributed by atoms with van der Waals surface area (Å²) in [7, 11) is 0. The Morgan fingerprint density at radius 3 is 2.52 bits per heavy atom. The number of hydrogen-bond donors (Lipinski definition) is 1. The van der Waals surface area contributed by atoms with E-state index in [0.29, 0.717) is 43.3 Å². The maximum absolute atomic E-state index is 12.6. The first kappa shape index (κ1) is 16.6. The van der Waals surface area contributed by atoms with Crippen molar-refractivity contribution in [2.75, 3.05) is 31.5 Å². The van der Waals surface area contributed by atoms with Crippen LogP contribution in [0.3, 0.4) is 0 Å². The lowest BCUT2D eigenvalue weighted by Crippen LogP contribution is -2.48. The summed E-state index contributed by atoms with van der Waals surface area (Å²) in [5, 5.41) is 6.28. The second-order valence-electron chi connectivity index (χ2n) is 5.67. The Labute approximate surface area is 143 Å². The van der Waals surface area contributed by atoms with Gasteiger partial charge in [-0.15, -0.1) is 0 Å². The Balaban J connectivity index is 1.69. The molecular weight excluding hydrogens is 326 g/mol. The third-order valence-electron chi connectivity index (χ3n) is 3.87. The molecule has 3 heterocycles. The minimum atomic E-state index is -0.429. The second kappa shape index (κ2) is 7.12. The number of amides is 3. The van der Waals surface area contributed by atoms with Crippen LogP contribution in [0.15, 0.2) is 29.0 Å². The van der Waals surface area contributed by atoms with Gasteiger partial charge in [0.25, 0.3) is 11.8 Å². The molecule has 9 nitrogen and oxygen atoms in total. The van der Waals surface area contributed by atoms with E-state index in [4.69, 9.17) is 4.52 Å². The van der Waals surface area contributed by atoms with E-state index in [1.54, 1.807) is 22.8 Å². The fourth-order valence-electron chi connectivity index (χ4n) is 2.51. The summed E-state index contributed by atoms with van der Waals surface area (Å²) in [6.07, 6.45) is 3.58. The zero-order chi connectivity index (χ0) is 17.8. The fourth-order valence-corrected chi connectivity index (χ4v) is 2.51. The standard InChI is InChI=1S/C16H17N5O4/c1-11-6-14(19-25-11)18-15(23)12-7-13(9-17-8-12)16(24)21-4-2-20(10-22)3-5-21/h6-10H,2-5H2,1H3,(H,18,19,23). The van der Waals surface area contributed by atoms with Crippen LogP contribution in [0.5, 0.6) is 0 Å². The summed E-state index contributed by atoms with van der Waals surface area (Å²) in [5.41, 5.74) is 0.571. The highest BCUT2D eigenvalue weighted by Crippen LogP contribution is 2.12. The van der Waals surface area contributed by atoms with Crippen LogP contribution in [-0.4, -0.2) is 64.3 Å². The smallest absolute Gasteiger partial charge is 0.258 e. The highest BCUT2D eigenvalue weighted by Gasteiger charge is 2.22. The molecule has 1 saturated heterocycles. The summed E-state index contributed by atoms with van der Waals surface area (Å²) in [5.74, 6) is 0.224. The van der Waals surface area contributed by atoms with Crippen molar-refractivity contribution >= 4 is 24.0 Å². The number of aryl methyl sites for hydroxylation is 1. The van der Waals surface area contributed by atoms with Crippen LogP contribution >= 0.6 is 0 Å². The maximum Gasteiger partial charge on any atom is 0.258 e. The average molecular weight is 343 g/mol. The van der Waals surface area contributed by atoms with E-state index in [1.165, 1.54) is 18.5 Å². The van der Waals surface area contributed by atoms with Crippen molar-refractivity contribution in [1.29, 1.82) is 0 Å². The van der Waals surface area contributed by atoms with Gasteiger partial charge in [0.05, 0.1) is 11.1 Å². The number of carbonyl (C=O) groups is 3. The molecule has 0 aliphatic carbocycles. The zero-order valence-electron chi connectivity index (χ0n) is 13.6. The molecule has 0 unspecified atom stereocenters. The molecule has 0 bridgehead atoms. The lowest BCUT2D eigenvalue weighted by atomic mass is 10.1. The topological polar surface area (TPSA) is 109 Å². The molecule has 3 rings (SSSR count). The number of aromatic nitrogens is 2. The Bertz CT molecular complexity index is 795. The first-order valence-electron chi connectivity index (χ1n) is 7.75. The van der Waals surface area contributed by atoms with Gasteiger partial charge in [0.1, 0.15) is 5.76 Å². The second-order valence-corrected chi connectivity index (χ2v) is 5.67. The molecule has 130 valence electrons. The van der Waals surface area contributed by atoms with Crippen LogP contribution in [-0.2, 0) is 4.79 Å². The predicted octanol–water partition coefficient (Wildman–Crippen LogP) is 0.545. The first-order chi connectivity index (χ1) is 12.1. The number of nitrogens with one attached hydrogen (secondary N) is 1. The van der Waals surface area contributed by atoms with E-state index in [2.05, 4.69) is 15.5 Å². The van der Waals surface area contributed by atoms with E-state index in [0.717, 1.165) is 6.41 Å².